The molecule has 2 aromatic carbocycles. The number of aliphatic imine (C=N–C) groups is 1. The molecule has 2 N–H and O–H groups in total. The number of hydrogen-bond donors (Lipinski definition) is 2. The summed E-state index contributed by atoms with van der Waals surface area (Å²) in [5, 5.41) is 5.96. The topological polar surface area (TPSA) is 114 Å². The molecule has 2 heterocycles. The molecule has 200 valence electrons. The number of aryl methyl sites for hydroxylation is 1. The van der Waals surface area contributed by atoms with E-state index in [-0.39, 0.29) is 29.1 Å². The van der Waals surface area contributed by atoms with Crippen molar-refractivity contribution in [2.75, 3.05) is 17.7 Å². The molecule has 0 fully saturated rings. The van der Waals surface area contributed by atoms with E-state index < -0.39 is 17.8 Å². The fourth-order valence-electron chi connectivity index (χ4n) is 3.68. The number of methoxy groups -OCH3 is 1. The fraction of sp³-hybridized carbons (Fsp3) is 0.185. The molecule has 0 unspecified atom stereocenters. The predicted molar refractivity (Wildman–Crippen MR) is 141 cm³/mol. The van der Waals surface area contributed by atoms with Crippen LogP contribution in [-0.2, 0) is 6.18 Å². The summed E-state index contributed by atoms with van der Waals surface area (Å²) in [5.74, 6) is 0.0338. The van der Waals surface area contributed by atoms with E-state index in [1.54, 1.807) is 49.4 Å². The summed E-state index contributed by atoms with van der Waals surface area (Å²) in [4.78, 5) is 32.8. The Balaban J connectivity index is 1.78. The number of nitrogens with zero attached hydrogens (tertiary/aromatic N) is 5. The van der Waals surface area contributed by atoms with Gasteiger partial charge in [-0.25, -0.2) is 24.9 Å². The molecule has 4 aromatic rings. The van der Waals surface area contributed by atoms with Crippen molar-refractivity contribution in [1.82, 2.24) is 19.9 Å². The molecule has 0 amide bonds. The number of amidine groups is 1. The van der Waals surface area contributed by atoms with E-state index in [9.17, 15) is 18.0 Å². The molecular weight excluding hydrogens is 511 g/mol. The van der Waals surface area contributed by atoms with Gasteiger partial charge in [0.05, 0.1) is 18.8 Å². The molecule has 0 aliphatic rings. The molecule has 9 nitrogen and oxygen atoms in total. The number of aromatic nitrogens is 4. The molecule has 0 aliphatic heterocycles. The highest BCUT2D eigenvalue weighted by molar-refractivity contribution is 6.04. The number of alkyl halides is 3. The molecular formula is C27H24F3N7O2. The molecule has 2 aromatic heterocycles. The van der Waals surface area contributed by atoms with E-state index in [1.807, 2.05) is 6.07 Å². The van der Waals surface area contributed by atoms with Crippen LogP contribution in [0.4, 0.5) is 30.4 Å². The van der Waals surface area contributed by atoms with Gasteiger partial charge in [0.25, 0.3) is 0 Å². The second-order valence-corrected chi connectivity index (χ2v) is 8.35. The van der Waals surface area contributed by atoms with E-state index in [4.69, 9.17) is 4.74 Å². The van der Waals surface area contributed by atoms with Crippen LogP contribution in [0.1, 0.15) is 28.7 Å². The van der Waals surface area contributed by atoms with Gasteiger partial charge in [-0.2, -0.15) is 13.2 Å². The standard InChI is InChI=1S/C27H24F3N7O2/c1-16(34-25-22(27(28,29)30)14-31-17(2)35-25)24(36-19-8-5-4-6-9-19)37-23-11-7-10-20(21(23)15-38)18-12-32-26(39-3)33-13-18/h4-16H,1-3H3,(H,36,37)(H,31,34,35)/t16-/m1/s1. The van der Waals surface area contributed by atoms with Gasteiger partial charge in [-0.15, -0.1) is 0 Å². The number of anilines is 2. The van der Waals surface area contributed by atoms with Gasteiger partial charge >= 0.3 is 12.2 Å². The molecule has 0 bridgehead atoms. The molecule has 0 spiro atoms. The average molecular weight is 536 g/mol. The van der Waals surface area contributed by atoms with Crippen LogP contribution < -0.4 is 15.4 Å². The lowest BCUT2D eigenvalue weighted by atomic mass is 10.0. The summed E-state index contributed by atoms with van der Waals surface area (Å²) in [6.45, 7) is 3.13. The second kappa shape index (κ2) is 11.7. The molecule has 0 saturated heterocycles. The first-order chi connectivity index (χ1) is 18.7. The zero-order valence-corrected chi connectivity index (χ0v) is 21.2. The minimum Gasteiger partial charge on any atom is -0.467 e. The second-order valence-electron chi connectivity index (χ2n) is 8.35. The van der Waals surface area contributed by atoms with Crippen molar-refractivity contribution in [2.24, 2.45) is 4.99 Å². The average Bonchev–Trinajstić information content (AvgIpc) is 2.92. The number of rotatable bonds is 8. The van der Waals surface area contributed by atoms with Crippen LogP contribution in [0.2, 0.25) is 0 Å². The summed E-state index contributed by atoms with van der Waals surface area (Å²) in [7, 11) is 1.44. The number of aldehydes is 1. The minimum absolute atomic E-state index is 0.171. The van der Waals surface area contributed by atoms with Crippen molar-refractivity contribution < 1.29 is 22.7 Å². The van der Waals surface area contributed by atoms with Gasteiger partial charge in [-0.1, -0.05) is 30.3 Å². The van der Waals surface area contributed by atoms with E-state index in [0.29, 0.717) is 28.8 Å². The number of nitrogens with one attached hydrogen (secondary N) is 2. The number of halogens is 3. The van der Waals surface area contributed by atoms with Gasteiger partial charge in [-0.05, 0) is 37.6 Å². The third-order valence-corrected chi connectivity index (χ3v) is 5.59. The smallest absolute Gasteiger partial charge is 0.421 e. The van der Waals surface area contributed by atoms with Crippen LogP contribution in [0.3, 0.4) is 0 Å². The van der Waals surface area contributed by atoms with Crippen LogP contribution in [0.25, 0.3) is 11.1 Å². The maximum atomic E-state index is 13.7. The summed E-state index contributed by atoms with van der Waals surface area (Å²) in [6.07, 6.45) is -0.231. The number of hydrogen-bond acceptors (Lipinski definition) is 8. The Bertz CT molecular complexity index is 1480. The zero-order valence-electron chi connectivity index (χ0n) is 21.2. The number of ether oxygens (including phenoxy) is 1. The first-order valence-corrected chi connectivity index (χ1v) is 11.7. The molecule has 0 radical (unpaired) electrons. The van der Waals surface area contributed by atoms with Crippen LogP contribution >= 0.6 is 0 Å². The molecule has 4 rings (SSSR count). The quantitative estimate of drug-likeness (QED) is 0.167. The highest BCUT2D eigenvalue weighted by Gasteiger charge is 2.35. The molecule has 0 saturated carbocycles. The summed E-state index contributed by atoms with van der Waals surface area (Å²) in [6, 6.07) is 13.4. The lowest BCUT2D eigenvalue weighted by Crippen LogP contribution is -2.33. The number of benzene rings is 2. The van der Waals surface area contributed by atoms with Gasteiger partial charge < -0.3 is 15.4 Å². The van der Waals surface area contributed by atoms with Gasteiger partial charge in [0.2, 0.25) is 0 Å². The van der Waals surface area contributed by atoms with Gasteiger partial charge in [0.1, 0.15) is 23.0 Å². The van der Waals surface area contributed by atoms with Crippen LogP contribution in [-0.4, -0.2) is 45.2 Å². The minimum atomic E-state index is -4.67. The number of para-hydroxylation sites is 1. The van der Waals surface area contributed by atoms with E-state index in [0.717, 1.165) is 6.20 Å². The maximum absolute atomic E-state index is 13.7. The van der Waals surface area contributed by atoms with Crippen molar-refractivity contribution in [3.63, 3.8) is 0 Å². The summed E-state index contributed by atoms with van der Waals surface area (Å²) < 4.78 is 46.0. The highest BCUT2D eigenvalue weighted by atomic mass is 19.4. The maximum Gasteiger partial charge on any atom is 0.421 e. The Hall–Kier alpha value is -4.87. The molecule has 12 heteroatoms. The lowest BCUT2D eigenvalue weighted by molar-refractivity contribution is -0.137. The Morgan fingerprint density at radius 1 is 1.03 bits per heavy atom. The highest BCUT2D eigenvalue weighted by Crippen LogP contribution is 2.34. The summed E-state index contributed by atoms with van der Waals surface area (Å²) in [5.41, 5.74) is 1.27. The van der Waals surface area contributed by atoms with Crippen molar-refractivity contribution in [3.05, 3.63) is 84.1 Å². The first-order valence-electron chi connectivity index (χ1n) is 11.7. The van der Waals surface area contributed by atoms with Crippen molar-refractivity contribution in [2.45, 2.75) is 26.1 Å². The van der Waals surface area contributed by atoms with Crippen molar-refractivity contribution in [3.8, 4) is 17.1 Å². The van der Waals surface area contributed by atoms with Crippen LogP contribution in [0, 0.1) is 6.92 Å². The number of carbonyl (C=O) groups excluding carboxylic acids is 1. The van der Waals surface area contributed by atoms with Crippen LogP contribution in [0.15, 0.2) is 72.1 Å². The Morgan fingerprint density at radius 3 is 2.38 bits per heavy atom. The van der Waals surface area contributed by atoms with Crippen molar-refractivity contribution >= 4 is 29.3 Å². The Kier molecular flexibility index (Phi) is 8.13. The fourth-order valence-corrected chi connectivity index (χ4v) is 3.68. The predicted octanol–water partition coefficient (Wildman–Crippen LogP) is 5.72. The lowest BCUT2D eigenvalue weighted by Gasteiger charge is -2.21. The zero-order chi connectivity index (χ0) is 28.0. The number of carbonyl (C=O) groups is 1. The third kappa shape index (κ3) is 6.53. The molecule has 1 atom stereocenters. The molecule has 0 aliphatic carbocycles. The normalized spacial score (nSPS) is 12.5. The van der Waals surface area contributed by atoms with Gasteiger partial charge in [-0.3, -0.25) is 4.79 Å². The Labute approximate surface area is 222 Å². The SMILES string of the molecule is COc1ncc(-c2cccc(N=C(Nc3ccccc3)[C@@H](C)Nc3nc(C)ncc3C(F)(F)F)c2C=O)cn1. The van der Waals surface area contributed by atoms with Gasteiger partial charge in [0.15, 0.2) is 6.29 Å². The first kappa shape index (κ1) is 27.2. The molecule has 39 heavy (non-hydrogen) atoms. The van der Waals surface area contributed by atoms with E-state index in [1.165, 1.54) is 26.4 Å². The largest absolute Gasteiger partial charge is 0.467 e. The van der Waals surface area contributed by atoms with E-state index in [2.05, 4.69) is 35.6 Å². The van der Waals surface area contributed by atoms with Crippen molar-refractivity contribution in [1.29, 1.82) is 0 Å². The third-order valence-electron chi connectivity index (χ3n) is 5.59. The summed E-state index contributed by atoms with van der Waals surface area (Å²) >= 11 is 0. The van der Waals surface area contributed by atoms with Crippen LogP contribution in [0.5, 0.6) is 6.01 Å². The van der Waals surface area contributed by atoms with E-state index >= 15 is 0 Å². The Morgan fingerprint density at radius 2 is 1.74 bits per heavy atom. The van der Waals surface area contributed by atoms with Gasteiger partial charge in [0, 0.05) is 35.4 Å². The monoisotopic (exact) mass is 535 g/mol.